The van der Waals surface area contributed by atoms with Gasteiger partial charge in [0, 0.05) is 29.0 Å². The number of ether oxygens (including phenoxy) is 2. The molecule has 4 rings (SSSR count). The molecule has 0 amide bonds. The third-order valence-electron chi connectivity index (χ3n) is 5.57. The number of nitrogens with zero attached hydrogens (tertiary/aromatic N) is 2. The number of nitrogens with one attached hydrogen (secondary N) is 1. The van der Waals surface area contributed by atoms with Gasteiger partial charge < -0.3 is 9.47 Å². The van der Waals surface area contributed by atoms with Gasteiger partial charge in [-0.15, -0.1) is 0 Å². The lowest BCUT2D eigenvalue weighted by Crippen LogP contribution is -2.14. The molecule has 1 N–H and O–H groups in total. The Kier molecular flexibility index (Phi) is 5.77. The molecule has 0 bridgehead atoms. The van der Waals surface area contributed by atoms with Gasteiger partial charge in [-0.2, -0.15) is 5.10 Å². The number of halogens is 3. The summed E-state index contributed by atoms with van der Waals surface area (Å²) in [6.07, 6.45) is 1.76. The molecule has 1 aliphatic rings. The van der Waals surface area contributed by atoms with Crippen LogP contribution in [0.4, 0.5) is 10.1 Å². The van der Waals surface area contributed by atoms with Gasteiger partial charge in [-0.1, -0.05) is 23.2 Å². The molecule has 7 nitrogen and oxygen atoms in total. The van der Waals surface area contributed by atoms with E-state index in [1.54, 1.807) is 6.07 Å². The van der Waals surface area contributed by atoms with Crippen molar-refractivity contribution >= 4 is 28.9 Å². The number of fused-ring (bicyclic) bond motifs is 1. The maximum absolute atomic E-state index is 13.8. The van der Waals surface area contributed by atoms with Gasteiger partial charge in [-0.25, -0.2) is 4.39 Å². The van der Waals surface area contributed by atoms with Crippen molar-refractivity contribution in [2.45, 2.75) is 25.2 Å². The summed E-state index contributed by atoms with van der Waals surface area (Å²) in [5.74, 6) is 0.314. The summed E-state index contributed by atoms with van der Waals surface area (Å²) < 4.78 is 24.6. The molecule has 0 aliphatic heterocycles. The van der Waals surface area contributed by atoms with Crippen LogP contribution in [0.3, 0.4) is 0 Å². The van der Waals surface area contributed by atoms with Crippen molar-refractivity contribution in [1.29, 1.82) is 0 Å². The number of benzene rings is 2. The molecule has 0 saturated heterocycles. The SMILES string of the molecule is COc1cc(OC)c(Cl)c(C2CCc3c(-c4cc(F)ccc4[N+](=O)[O-])n[nH]c3C2)c1Cl. The molecular weight excluding hydrogens is 448 g/mol. The van der Waals surface area contributed by atoms with Crippen molar-refractivity contribution in [2.24, 2.45) is 0 Å². The Morgan fingerprint density at radius 2 is 1.87 bits per heavy atom. The van der Waals surface area contributed by atoms with Crippen molar-refractivity contribution in [3.8, 4) is 22.8 Å². The normalized spacial score (nSPS) is 15.5. The number of hydrogen-bond donors (Lipinski definition) is 1. The third kappa shape index (κ3) is 3.70. The fraction of sp³-hybridized carbons (Fsp3) is 0.286. The van der Waals surface area contributed by atoms with Gasteiger partial charge in [-0.3, -0.25) is 15.2 Å². The highest BCUT2D eigenvalue weighted by atomic mass is 35.5. The predicted molar refractivity (Wildman–Crippen MR) is 115 cm³/mol. The van der Waals surface area contributed by atoms with Gasteiger partial charge in [0.2, 0.25) is 0 Å². The number of nitro benzene ring substituents is 1. The monoisotopic (exact) mass is 465 g/mol. The van der Waals surface area contributed by atoms with Gasteiger partial charge in [0.05, 0.1) is 34.8 Å². The maximum Gasteiger partial charge on any atom is 0.279 e. The van der Waals surface area contributed by atoms with Crippen LogP contribution in [-0.2, 0) is 12.8 Å². The molecule has 0 fully saturated rings. The van der Waals surface area contributed by atoms with E-state index in [1.807, 2.05) is 0 Å². The summed E-state index contributed by atoms with van der Waals surface area (Å²) in [7, 11) is 3.04. The highest BCUT2D eigenvalue weighted by Gasteiger charge is 2.32. The molecule has 31 heavy (non-hydrogen) atoms. The van der Waals surface area contributed by atoms with Crippen LogP contribution >= 0.6 is 23.2 Å². The molecule has 1 atom stereocenters. The Hall–Kier alpha value is -2.84. The van der Waals surface area contributed by atoms with Crippen molar-refractivity contribution in [2.75, 3.05) is 14.2 Å². The first-order valence-electron chi connectivity index (χ1n) is 9.46. The van der Waals surface area contributed by atoms with E-state index in [-0.39, 0.29) is 17.2 Å². The van der Waals surface area contributed by atoms with E-state index in [0.29, 0.717) is 46.5 Å². The van der Waals surface area contributed by atoms with Crippen LogP contribution in [0.2, 0.25) is 10.0 Å². The highest BCUT2D eigenvalue weighted by molar-refractivity contribution is 6.38. The van der Waals surface area contributed by atoms with E-state index >= 15 is 0 Å². The summed E-state index contributed by atoms with van der Waals surface area (Å²) in [6.45, 7) is 0. The van der Waals surface area contributed by atoms with Gasteiger partial charge in [0.15, 0.2) is 0 Å². The summed E-state index contributed by atoms with van der Waals surface area (Å²) in [5.41, 5.74) is 2.70. The van der Waals surface area contributed by atoms with Gasteiger partial charge in [-0.05, 0) is 37.3 Å². The number of aromatic nitrogens is 2. The standard InChI is InChI=1S/C21H18Cl2FN3O4/c1-30-16-9-17(31-2)20(23)18(19(16)22)10-3-5-12-14(7-10)25-26-21(12)13-8-11(24)4-6-15(13)27(28)29/h4,6,8-10H,3,5,7H2,1-2H3,(H,25,26). The van der Waals surface area contributed by atoms with Crippen molar-refractivity contribution < 1.29 is 18.8 Å². The lowest BCUT2D eigenvalue weighted by atomic mass is 9.81. The Labute approximate surface area is 187 Å². The second-order valence-corrected chi connectivity index (χ2v) is 7.97. The summed E-state index contributed by atoms with van der Waals surface area (Å²) in [4.78, 5) is 10.9. The van der Waals surface area contributed by atoms with E-state index in [2.05, 4.69) is 10.2 Å². The van der Waals surface area contributed by atoms with E-state index in [4.69, 9.17) is 32.7 Å². The number of hydrogen-bond acceptors (Lipinski definition) is 5. The van der Waals surface area contributed by atoms with Crippen LogP contribution in [0.25, 0.3) is 11.3 Å². The molecule has 162 valence electrons. The molecule has 3 aromatic rings. The molecule has 0 radical (unpaired) electrons. The molecule has 1 heterocycles. The average molecular weight is 466 g/mol. The molecule has 10 heteroatoms. The zero-order valence-electron chi connectivity index (χ0n) is 16.7. The largest absolute Gasteiger partial charge is 0.495 e. The third-order valence-corrected chi connectivity index (χ3v) is 6.35. The van der Waals surface area contributed by atoms with Crippen molar-refractivity contribution in [1.82, 2.24) is 10.2 Å². The van der Waals surface area contributed by atoms with Crippen LogP contribution < -0.4 is 9.47 Å². The van der Waals surface area contributed by atoms with Crippen molar-refractivity contribution in [3.05, 3.63) is 67.1 Å². The number of H-pyrrole nitrogens is 1. The highest BCUT2D eigenvalue weighted by Crippen LogP contribution is 2.48. The molecule has 1 unspecified atom stereocenters. The van der Waals surface area contributed by atoms with Crippen LogP contribution in [0.5, 0.6) is 11.5 Å². The average Bonchev–Trinajstić information content (AvgIpc) is 3.17. The lowest BCUT2D eigenvalue weighted by Gasteiger charge is -2.26. The van der Waals surface area contributed by atoms with E-state index in [0.717, 1.165) is 35.0 Å². The van der Waals surface area contributed by atoms with Gasteiger partial charge in [0.1, 0.15) is 23.0 Å². The second-order valence-electron chi connectivity index (χ2n) is 7.21. The molecule has 1 aromatic heterocycles. The Balaban J connectivity index is 1.75. The zero-order chi connectivity index (χ0) is 22.3. The predicted octanol–water partition coefficient (Wildman–Crippen LogP) is 5.72. The second kappa shape index (κ2) is 8.36. The Morgan fingerprint density at radius 1 is 1.19 bits per heavy atom. The summed E-state index contributed by atoms with van der Waals surface area (Å²) >= 11 is 13.1. The Morgan fingerprint density at radius 3 is 2.48 bits per heavy atom. The number of nitro groups is 1. The minimum Gasteiger partial charge on any atom is -0.495 e. The quantitative estimate of drug-likeness (QED) is 0.384. The maximum atomic E-state index is 13.8. The van der Waals surface area contributed by atoms with E-state index in [1.165, 1.54) is 14.2 Å². The van der Waals surface area contributed by atoms with Crippen LogP contribution in [0.15, 0.2) is 24.3 Å². The number of methoxy groups -OCH3 is 2. The van der Waals surface area contributed by atoms with Crippen LogP contribution in [0.1, 0.15) is 29.2 Å². The fourth-order valence-electron chi connectivity index (χ4n) is 4.10. The molecule has 0 spiro atoms. The minimum atomic E-state index is -0.562. The van der Waals surface area contributed by atoms with E-state index < -0.39 is 10.7 Å². The van der Waals surface area contributed by atoms with Gasteiger partial charge in [0.25, 0.3) is 5.69 Å². The molecular formula is C21H18Cl2FN3O4. The topological polar surface area (TPSA) is 90.3 Å². The summed E-state index contributed by atoms with van der Waals surface area (Å²) in [5, 5.41) is 19.5. The van der Waals surface area contributed by atoms with E-state index in [9.17, 15) is 14.5 Å². The first-order chi connectivity index (χ1) is 14.8. The van der Waals surface area contributed by atoms with Gasteiger partial charge >= 0.3 is 0 Å². The lowest BCUT2D eigenvalue weighted by molar-refractivity contribution is -0.384. The first kappa shape index (κ1) is 21.4. The molecule has 1 aliphatic carbocycles. The molecule has 0 saturated carbocycles. The first-order valence-corrected chi connectivity index (χ1v) is 10.2. The fourth-order valence-corrected chi connectivity index (χ4v) is 4.91. The van der Waals surface area contributed by atoms with Crippen LogP contribution in [0, 0.1) is 15.9 Å². The Bertz CT molecular complexity index is 1150. The molecule has 2 aromatic carbocycles. The number of rotatable bonds is 5. The minimum absolute atomic E-state index is 0.0488. The number of aromatic amines is 1. The zero-order valence-corrected chi connectivity index (χ0v) is 18.2. The van der Waals surface area contributed by atoms with Crippen molar-refractivity contribution in [3.63, 3.8) is 0 Å². The summed E-state index contributed by atoms with van der Waals surface area (Å²) in [6, 6.07) is 5.00. The smallest absolute Gasteiger partial charge is 0.279 e. The van der Waals surface area contributed by atoms with Crippen LogP contribution in [-0.4, -0.2) is 29.3 Å².